The molecule has 172 valence electrons. The Kier molecular flexibility index (Phi) is 6.34. The number of thioether (sulfide) groups is 1. The number of piperidine rings is 1. The van der Waals surface area contributed by atoms with Gasteiger partial charge >= 0.3 is 0 Å². The van der Waals surface area contributed by atoms with Gasteiger partial charge < -0.3 is 15.3 Å². The Labute approximate surface area is 205 Å². The summed E-state index contributed by atoms with van der Waals surface area (Å²) >= 11 is 5.28. The number of anilines is 1. The lowest BCUT2D eigenvalue weighted by Crippen LogP contribution is -2.42. The highest BCUT2D eigenvalue weighted by molar-refractivity contribution is 9.10. The number of rotatable bonds is 5. The number of hydrogen-bond acceptors (Lipinski definition) is 6. The fourth-order valence-electron chi connectivity index (χ4n) is 4.50. The van der Waals surface area contributed by atoms with E-state index in [9.17, 15) is 9.90 Å². The molecule has 4 heterocycles. The number of benzene rings is 1. The van der Waals surface area contributed by atoms with Crippen molar-refractivity contribution in [3.05, 3.63) is 52.0 Å². The molecule has 33 heavy (non-hydrogen) atoms. The van der Waals surface area contributed by atoms with E-state index in [0.29, 0.717) is 28.1 Å². The van der Waals surface area contributed by atoms with Crippen LogP contribution in [0, 0.1) is 5.92 Å². The van der Waals surface area contributed by atoms with Crippen LogP contribution in [-0.2, 0) is 4.79 Å². The summed E-state index contributed by atoms with van der Waals surface area (Å²) in [7, 11) is 0. The van der Waals surface area contributed by atoms with Crippen molar-refractivity contribution in [1.82, 2.24) is 19.5 Å². The SMILES string of the molecule is CC1CC(C(=O)N2CCCC(CNc3cc(-c4ccccc4O)nc4c(Br)cnn34)C2)=CS1. The molecule has 2 N–H and O–H groups in total. The van der Waals surface area contributed by atoms with Crippen LogP contribution < -0.4 is 5.32 Å². The zero-order valence-corrected chi connectivity index (χ0v) is 20.8. The molecule has 0 saturated carbocycles. The van der Waals surface area contributed by atoms with Crippen molar-refractivity contribution in [3.63, 3.8) is 0 Å². The van der Waals surface area contributed by atoms with E-state index in [4.69, 9.17) is 4.98 Å². The zero-order chi connectivity index (χ0) is 22.9. The van der Waals surface area contributed by atoms with Gasteiger partial charge in [-0.05, 0) is 58.7 Å². The highest BCUT2D eigenvalue weighted by Crippen LogP contribution is 2.33. The van der Waals surface area contributed by atoms with Gasteiger partial charge in [0.05, 0.1) is 16.4 Å². The number of aromatic hydroxyl groups is 1. The minimum absolute atomic E-state index is 0.186. The number of fused-ring (bicyclic) bond motifs is 1. The van der Waals surface area contributed by atoms with Crippen LogP contribution in [0.5, 0.6) is 5.75 Å². The molecule has 2 atom stereocenters. The first-order chi connectivity index (χ1) is 16.0. The first kappa shape index (κ1) is 22.3. The van der Waals surface area contributed by atoms with Crippen LogP contribution in [0.2, 0.25) is 0 Å². The van der Waals surface area contributed by atoms with Gasteiger partial charge in [0.1, 0.15) is 11.6 Å². The Morgan fingerprint density at radius 3 is 3.00 bits per heavy atom. The minimum atomic E-state index is 0.186. The monoisotopic (exact) mass is 527 g/mol. The number of halogens is 1. The molecule has 0 bridgehead atoms. The Morgan fingerprint density at radius 1 is 1.36 bits per heavy atom. The number of phenolic OH excluding ortho intramolecular Hbond substituents is 1. The predicted octanol–water partition coefficient (Wildman–Crippen LogP) is 4.92. The van der Waals surface area contributed by atoms with Gasteiger partial charge in [-0.3, -0.25) is 4.79 Å². The van der Waals surface area contributed by atoms with Gasteiger partial charge in [0.15, 0.2) is 5.65 Å². The number of phenols is 1. The fraction of sp³-hybridized carbons (Fsp3) is 0.375. The molecule has 2 aromatic heterocycles. The van der Waals surface area contributed by atoms with Crippen LogP contribution in [0.15, 0.2) is 52.0 Å². The van der Waals surface area contributed by atoms with E-state index in [-0.39, 0.29) is 11.7 Å². The van der Waals surface area contributed by atoms with Crippen molar-refractivity contribution in [1.29, 1.82) is 0 Å². The average Bonchev–Trinajstić information content (AvgIpc) is 3.43. The largest absolute Gasteiger partial charge is 0.507 e. The maximum atomic E-state index is 12.9. The van der Waals surface area contributed by atoms with Gasteiger partial charge in [-0.2, -0.15) is 9.61 Å². The first-order valence-corrected chi connectivity index (χ1v) is 12.9. The standard InChI is InChI=1S/C24H26BrN5O2S/c1-15-9-17(14-33-15)24(32)29-8-4-5-16(13-29)11-26-22-10-20(18-6-2-3-7-21(18)31)28-23-19(25)12-27-30(22)23/h2-3,6-7,10,12,14-16,26,31H,4-5,8-9,11,13H2,1H3. The Bertz CT molecular complexity index is 1230. The molecular formula is C24H26BrN5O2S. The lowest BCUT2D eigenvalue weighted by molar-refractivity contribution is -0.128. The molecule has 2 unspecified atom stereocenters. The second-order valence-electron chi connectivity index (χ2n) is 8.71. The van der Waals surface area contributed by atoms with Crippen molar-refractivity contribution >= 4 is 45.1 Å². The summed E-state index contributed by atoms with van der Waals surface area (Å²) < 4.78 is 2.55. The third kappa shape index (κ3) is 4.61. The summed E-state index contributed by atoms with van der Waals surface area (Å²) in [6.45, 7) is 4.47. The van der Waals surface area contributed by atoms with Crippen LogP contribution >= 0.6 is 27.7 Å². The molecule has 7 nitrogen and oxygen atoms in total. The van der Waals surface area contributed by atoms with Crippen LogP contribution in [0.1, 0.15) is 26.2 Å². The van der Waals surface area contributed by atoms with Crippen molar-refractivity contribution < 1.29 is 9.90 Å². The van der Waals surface area contributed by atoms with Crippen molar-refractivity contribution in [3.8, 4) is 17.0 Å². The summed E-state index contributed by atoms with van der Waals surface area (Å²) in [4.78, 5) is 19.7. The number of hydrogen-bond donors (Lipinski definition) is 2. The zero-order valence-electron chi connectivity index (χ0n) is 18.4. The molecule has 1 saturated heterocycles. The van der Waals surface area contributed by atoms with Crippen LogP contribution in [0.4, 0.5) is 5.82 Å². The van der Waals surface area contributed by atoms with E-state index in [1.165, 1.54) is 0 Å². The molecule has 0 spiro atoms. The van der Waals surface area contributed by atoms with Crippen LogP contribution in [0.25, 0.3) is 16.9 Å². The number of aromatic nitrogens is 3. The Morgan fingerprint density at radius 2 is 2.21 bits per heavy atom. The van der Waals surface area contributed by atoms with E-state index in [2.05, 4.69) is 33.3 Å². The smallest absolute Gasteiger partial charge is 0.250 e. The summed E-state index contributed by atoms with van der Waals surface area (Å²) in [6, 6.07) is 9.10. The fourth-order valence-corrected chi connectivity index (χ4v) is 5.72. The molecule has 0 radical (unpaired) electrons. The summed E-state index contributed by atoms with van der Waals surface area (Å²) in [6.07, 6.45) is 4.67. The lowest BCUT2D eigenvalue weighted by Gasteiger charge is -2.33. The van der Waals surface area contributed by atoms with Crippen molar-refractivity contribution in [2.75, 3.05) is 25.0 Å². The normalized spacial score (nSPS) is 20.8. The Hall–Kier alpha value is -2.52. The molecule has 2 aliphatic heterocycles. The van der Waals surface area contributed by atoms with Gasteiger partial charge in [0, 0.05) is 42.1 Å². The number of likely N-dealkylation sites (tertiary alicyclic amines) is 1. The summed E-state index contributed by atoms with van der Waals surface area (Å²) in [5.74, 6) is 1.54. The first-order valence-electron chi connectivity index (χ1n) is 11.2. The van der Waals surface area contributed by atoms with E-state index < -0.39 is 0 Å². The second kappa shape index (κ2) is 9.38. The third-order valence-electron chi connectivity index (χ3n) is 6.21. The lowest BCUT2D eigenvalue weighted by atomic mass is 9.97. The number of carbonyl (C=O) groups is 1. The maximum Gasteiger partial charge on any atom is 0.250 e. The molecule has 0 aliphatic carbocycles. The highest BCUT2D eigenvalue weighted by Gasteiger charge is 2.28. The van der Waals surface area contributed by atoms with Gasteiger partial charge in [0.25, 0.3) is 0 Å². The van der Waals surface area contributed by atoms with Gasteiger partial charge in [-0.15, -0.1) is 11.8 Å². The molecule has 3 aromatic rings. The molecule has 1 fully saturated rings. The molecule has 1 aromatic carbocycles. The average molecular weight is 528 g/mol. The van der Waals surface area contributed by atoms with E-state index in [1.54, 1.807) is 34.6 Å². The molecular weight excluding hydrogens is 502 g/mol. The third-order valence-corrected chi connectivity index (χ3v) is 7.82. The maximum absolute atomic E-state index is 12.9. The second-order valence-corrected chi connectivity index (χ2v) is 10.9. The number of nitrogens with zero attached hydrogens (tertiary/aromatic N) is 4. The highest BCUT2D eigenvalue weighted by atomic mass is 79.9. The topological polar surface area (TPSA) is 82.8 Å². The van der Waals surface area contributed by atoms with Gasteiger partial charge in [-0.1, -0.05) is 19.1 Å². The van der Waals surface area contributed by atoms with Gasteiger partial charge in [0.2, 0.25) is 5.91 Å². The van der Waals surface area contributed by atoms with Crippen LogP contribution in [0.3, 0.4) is 0 Å². The van der Waals surface area contributed by atoms with E-state index >= 15 is 0 Å². The molecule has 5 rings (SSSR count). The van der Waals surface area contributed by atoms with E-state index in [0.717, 1.165) is 54.8 Å². The number of para-hydroxylation sites is 1. The van der Waals surface area contributed by atoms with E-state index in [1.807, 2.05) is 28.5 Å². The summed E-state index contributed by atoms with van der Waals surface area (Å²) in [5, 5.41) is 20.9. The number of amides is 1. The molecule has 1 amide bonds. The molecule has 2 aliphatic rings. The van der Waals surface area contributed by atoms with Crippen molar-refractivity contribution in [2.45, 2.75) is 31.4 Å². The predicted molar refractivity (Wildman–Crippen MR) is 135 cm³/mol. The number of carbonyl (C=O) groups excluding carboxylic acids is 1. The minimum Gasteiger partial charge on any atom is -0.507 e. The van der Waals surface area contributed by atoms with Crippen molar-refractivity contribution in [2.24, 2.45) is 5.92 Å². The Balaban J connectivity index is 1.34. The molecule has 9 heteroatoms. The quantitative estimate of drug-likeness (QED) is 0.489. The van der Waals surface area contributed by atoms with Gasteiger partial charge in [-0.25, -0.2) is 4.98 Å². The summed E-state index contributed by atoms with van der Waals surface area (Å²) in [5.41, 5.74) is 2.97. The number of nitrogens with one attached hydrogen (secondary N) is 1. The van der Waals surface area contributed by atoms with Crippen LogP contribution in [-0.4, -0.2) is 55.4 Å².